The Hall–Kier alpha value is -3.62. The van der Waals surface area contributed by atoms with Crippen LogP contribution in [-0.2, 0) is 11.3 Å². The Morgan fingerprint density at radius 2 is 1.88 bits per heavy atom. The van der Waals surface area contributed by atoms with Crippen LogP contribution in [0.4, 0.5) is 10.2 Å². The molecule has 34 heavy (non-hydrogen) atoms. The van der Waals surface area contributed by atoms with Crippen molar-refractivity contribution in [2.45, 2.75) is 12.6 Å². The summed E-state index contributed by atoms with van der Waals surface area (Å²) in [6.07, 6.45) is 1.49. The van der Waals surface area contributed by atoms with Crippen LogP contribution in [0.5, 0.6) is 0 Å². The molecule has 1 aliphatic rings. The van der Waals surface area contributed by atoms with E-state index in [1.165, 1.54) is 18.5 Å². The molecule has 5 rings (SSSR count). The number of benzene rings is 2. The Morgan fingerprint density at radius 1 is 1.09 bits per heavy atom. The zero-order valence-corrected chi connectivity index (χ0v) is 19.0. The quantitative estimate of drug-likeness (QED) is 0.458. The Labute approximate surface area is 201 Å². The fourth-order valence-corrected chi connectivity index (χ4v) is 4.15. The summed E-state index contributed by atoms with van der Waals surface area (Å²) in [5, 5.41) is 6.96. The summed E-state index contributed by atoms with van der Waals surface area (Å²) in [6, 6.07) is 16.8. The predicted molar refractivity (Wildman–Crippen MR) is 130 cm³/mol. The highest BCUT2D eigenvalue weighted by atomic mass is 35.5. The van der Waals surface area contributed by atoms with Crippen LogP contribution in [0.25, 0.3) is 22.3 Å². The van der Waals surface area contributed by atoms with Gasteiger partial charge in [-0.15, -0.1) is 0 Å². The highest BCUT2D eigenvalue weighted by Crippen LogP contribution is 2.27. The summed E-state index contributed by atoms with van der Waals surface area (Å²) in [7, 11) is 0. The number of rotatable bonds is 5. The maximum absolute atomic E-state index is 13.4. The summed E-state index contributed by atoms with van der Waals surface area (Å²) >= 11 is 5.95. The van der Waals surface area contributed by atoms with Crippen molar-refractivity contribution in [1.82, 2.24) is 25.6 Å². The van der Waals surface area contributed by atoms with Crippen molar-refractivity contribution >= 4 is 34.4 Å². The Morgan fingerprint density at radius 3 is 2.68 bits per heavy atom. The van der Waals surface area contributed by atoms with Crippen LogP contribution in [0.3, 0.4) is 0 Å². The molecule has 1 unspecified atom stereocenters. The number of halogens is 2. The summed E-state index contributed by atoms with van der Waals surface area (Å²) in [6.45, 7) is 2.19. The smallest absolute Gasteiger partial charge is 0.244 e. The standard InChI is InChI=1S/C25H22ClFN6O/c26-18-5-1-16(2-6-18)13-29-25(34)22-14-28-11-12-33(22)24-23-21(30-15-31-24)10-9-20(32-23)17-3-7-19(27)8-4-17/h1-10,15,22,28H,11-14H2,(H,29,34). The van der Waals surface area contributed by atoms with Gasteiger partial charge >= 0.3 is 0 Å². The number of fused-ring (bicyclic) bond motifs is 1. The van der Waals surface area contributed by atoms with E-state index in [1.807, 2.05) is 29.2 Å². The molecule has 1 fully saturated rings. The second-order valence-electron chi connectivity index (χ2n) is 8.03. The lowest BCUT2D eigenvalue weighted by Gasteiger charge is -2.36. The van der Waals surface area contributed by atoms with Crippen molar-refractivity contribution in [3.8, 4) is 11.3 Å². The third kappa shape index (κ3) is 4.69. The zero-order chi connectivity index (χ0) is 23.5. The number of pyridine rings is 1. The van der Waals surface area contributed by atoms with E-state index >= 15 is 0 Å². The average molecular weight is 477 g/mol. The summed E-state index contributed by atoms with van der Waals surface area (Å²) in [5.41, 5.74) is 3.71. The van der Waals surface area contributed by atoms with E-state index in [4.69, 9.17) is 16.6 Å². The Bertz CT molecular complexity index is 1320. The van der Waals surface area contributed by atoms with Gasteiger partial charge in [0.1, 0.15) is 23.7 Å². The van der Waals surface area contributed by atoms with Gasteiger partial charge in [0, 0.05) is 36.8 Å². The van der Waals surface area contributed by atoms with Crippen LogP contribution < -0.4 is 15.5 Å². The molecule has 0 saturated carbocycles. The topological polar surface area (TPSA) is 83.0 Å². The summed E-state index contributed by atoms with van der Waals surface area (Å²) in [5.74, 6) is 0.188. The van der Waals surface area contributed by atoms with Crippen LogP contribution in [0.15, 0.2) is 67.0 Å². The molecule has 1 amide bonds. The van der Waals surface area contributed by atoms with E-state index < -0.39 is 6.04 Å². The maximum atomic E-state index is 13.4. The number of anilines is 1. The fraction of sp³-hybridized carbons (Fsp3) is 0.200. The second-order valence-corrected chi connectivity index (χ2v) is 8.46. The number of nitrogens with zero attached hydrogens (tertiary/aromatic N) is 4. The third-order valence-corrected chi connectivity index (χ3v) is 6.05. The first kappa shape index (κ1) is 22.2. The minimum atomic E-state index is -0.463. The Balaban J connectivity index is 1.44. The fourth-order valence-electron chi connectivity index (χ4n) is 4.02. The van der Waals surface area contributed by atoms with E-state index in [-0.39, 0.29) is 11.7 Å². The third-order valence-electron chi connectivity index (χ3n) is 5.80. The highest BCUT2D eigenvalue weighted by molar-refractivity contribution is 6.30. The number of nitrogens with one attached hydrogen (secondary N) is 2. The molecular weight excluding hydrogens is 455 g/mol. The number of amides is 1. The SMILES string of the molecule is O=C(NCc1ccc(Cl)cc1)C1CNCCN1c1ncnc2ccc(-c3ccc(F)cc3)nc12. The van der Waals surface area contributed by atoms with Crippen LogP contribution >= 0.6 is 11.6 Å². The number of piperazine rings is 1. The predicted octanol–water partition coefficient (Wildman–Crippen LogP) is 3.58. The van der Waals surface area contributed by atoms with Crippen LogP contribution in [-0.4, -0.2) is 46.5 Å². The molecule has 2 aromatic heterocycles. The van der Waals surface area contributed by atoms with Gasteiger partial charge in [0.05, 0.1) is 11.2 Å². The molecular formula is C25H22ClFN6O. The second kappa shape index (κ2) is 9.70. The van der Waals surface area contributed by atoms with Crippen LogP contribution in [0.2, 0.25) is 5.02 Å². The molecule has 9 heteroatoms. The van der Waals surface area contributed by atoms with Gasteiger partial charge in [-0.05, 0) is 54.1 Å². The molecule has 7 nitrogen and oxygen atoms in total. The van der Waals surface area contributed by atoms with Crippen molar-refractivity contribution < 1.29 is 9.18 Å². The molecule has 0 spiro atoms. The normalized spacial score (nSPS) is 15.9. The Kier molecular flexibility index (Phi) is 6.33. The number of aromatic nitrogens is 3. The van der Waals surface area contributed by atoms with Gasteiger partial charge in [0.15, 0.2) is 5.82 Å². The lowest BCUT2D eigenvalue weighted by Crippen LogP contribution is -2.58. The lowest BCUT2D eigenvalue weighted by molar-refractivity contribution is -0.122. The van der Waals surface area contributed by atoms with Crippen molar-refractivity contribution in [1.29, 1.82) is 0 Å². The van der Waals surface area contributed by atoms with Crippen LogP contribution in [0, 0.1) is 5.82 Å². The van der Waals surface area contributed by atoms with Gasteiger partial charge in [0.2, 0.25) is 5.91 Å². The van der Waals surface area contributed by atoms with E-state index in [2.05, 4.69) is 20.6 Å². The van der Waals surface area contributed by atoms with Gasteiger partial charge < -0.3 is 15.5 Å². The molecule has 172 valence electrons. The molecule has 0 radical (unpaired) electrons. The summed E-state index contributed by atoms with van der Waals surface area (Å²) in [4.78, 5) is 28.8. The van der Waals surface area contributed by atoms with Gasteiger partial charge in [-0.25, -0.2) is 19.3 Å². The van der Waals surface area contributed by atoms with Crippen molar-refractivity contribution in [3.05, 3.63) is 83.4 Å². The molecule has 2 N–H and O–H groups in total. The molecule has 3 heterocycles. The largest absolute Gasteiger partial charge is 0.350 e. The maximum Gasteiger partial charge on any atom is 0.244 e. The van der Waals surface area contributed by atoms with E-state index in [0.29, 0.717) is 53.7 Å². The first-order chi connectivity index (χ1) is 16.6. The van der Waals surface area contributed by atoms with Crippen molar-refractivity contribution in [3.63, 3.8) is 0 Å². The minimum Gasteiger partial charge on any atom is -0.350 e. The number of hydrogen-bond donors (Lipinski definition) is 2. The molecule has 1 atom stereocenters. The van der Waals surface area contributed by atoms with Crippen molar-refractivity contribution in [2.24, 2.45) is 0 Å². The summed E-state index contributed by atoms with van der Waals surface area (Å²) < 4.78 is 13.4. The monoisotopic (exact) mass is 476 g/mol. The molecule has 0 aliphatic carbocycles. The number of carbonyl (C=O) groups is 1. The minimum absolute atomic E-state index is 0.108. The number of hydrogen-bond acceptors (Lipinski definition) is 6. The van der Waals surface area contributed by atoms with E-state index in [9.17, 15) is 9.18 Å². The van der Waals surface area contributed by atoms with Gasteiger partial charge in [-0.1, -0.05) is 23.7 Å². The van der Waals surface area contributed by atoms with Gasteiger partial charge in [0.25, 0.3) is 0 Å². The van der Waals surface area contributed by atoms with E-state index in [0.717, 1.165) is 11.1 Å². The molecule has 0 bridgehead atoms. The van der Waals surface area contributed by atoms with E-state index in [1.54, 1.807) is 24.3 Å². The molecule has 1 aliphatic heterocycles. The van der Waals surface area contributed by atoms with Gasteiger partial charge in [-0.3, -0.25) is 4.79 Å². The van der Waals surface area contributed by atoms with Gasteiger partial charge in [-0.2, -0.15) is 0 Å². The average Bonchev–Trinajstić information content (AvgIpc) is 2.88. The highest BCUT2D eigenvalue weighted by Gasteiger charge is 2.31. The molecule has 4 aromatic rings. The molecule has 2 aromatic carbocycles. The molecule has 1 saturated heterocycles. The number of carbonyl (C=O) groups excluding carboxylic acids is 1. The van der Waals surface area contributed by atoms with Crippen molar-refractivity contribution in [2.75, 3.05) is 24.5 Å². The zero-order valence-electron chi connectivity index (χ0n) is 18.2. The lowest BCUT2D eigenvalue weighted by atomic mass is 10.1. The van der Waals surface area contributed by atoms with Crippen LogP contribution in [0.1, 0.15) is 5.56 Å². The first-order valence-corrected chi connectivity index (χ1v) is 11.3. The first-order valence-electron chi connectivity index (χ1n) is 11.0.